The highest BCUT2D eigenvalue weighted by Gasteiger charge is 2.31. The molecule has 0 bridgehead atoms. The molecule has 4 heteroatoms. The van der Waals surface area contributed by atoms with E-state index >= 15 is 0 Å². The molecule has 1 heterocycles. The number of carbonyl (C=O) groups is 1. The first-order valence-electron chi connectivity index (χ1n) is 4.33. The SMILES string of the molecule is CN1CC(C(=O)O)c2ccc(Cl)cc21. The summed E-state index contributed by atoms with van der Waals surface area (Å²) in [6.07, 6.45) is 0. The van der Waals surface area contributed by atoms with E-state index in [2.05, 4.69) is 0 Å². The number of hydrogen-bond donors (Lipinski definition) is 1. The molecule has 0 aromatic heterocycles. The van der Waals surface area contributed by atoms with Crippen LogP contribution in [0.2, 0.25) is 5.02 Å². The van der Waals surface area contributed by atoms with Crippen LogP contribution in [0.1, 0.15) is 11.5 Å². The van der Waals surface area contributed by atoms with Crippen molar-refractivity contribution in [2.45, 2.75) is 5.92 Å². The van der Waals surface area contributed by atoms with Crippen LogP contribution in [0.15, 0.2) is 18.2 Å². The Labute approximate surface area is 86.9 Å². The Morgan fingerprint density at radius 1 is 1.64 bits per heavy atom. The molecule has 0 spiro atoms. The van der Waals surface area contributed by atoms with Gasteiger partial charge in [0.2, 0.25) is 0 Å². The van der Waals surface area contributed by atoms with Gasteiger partial charge in [0, 0.05) is 24.3 Å². The van der Waals surface area contributed by atoms with Crippen LogP contribution in [0.3, 0.4) is 0 Å². The second-order valence-electron chi connectivity index (χ2n) is 3.47. The van der Waals surface area contributed by atoms with Gasteiger partial charge in [0.1, 0.15) is 5.92 Å². The molecule has 74 valence electrons. The second kappa shape index (κ2) is 3.17. The van der Waals surface area contributed by atoms with Crippen molar-refractivity contribution in [3.05, 3.63) is 28.8 Å². The summed E-state index contributed by atoms with van der Waals surface area (Å²) in [7, 11) is 1.87. The molecular formula is C10H10ClNO2. The Morgan fingerprint density at radius 3 is 3.00 bits per heavy atom. The van der Waals surface area contributed by atoms with Crippen LogP contribution in [0.25, 0.3) is 0 Å². The van der Waals surface area contributed by atoms with Gasteiger partial charge in [-0.2, -0.15) is 0 Å². The second-order valence-corrected chi connectivity index (χ2v) is 3.91. The summed E-state index contributed by atoms with van der Waals surface area (Å²) >= 11 is 5.84. The highest BCUT2D eigenvalue weighted by molar-refractivity contribution is 6.30. The molecule has 0 amide bonds. The monoisotopic (exact) mass is 211 g/mol. The van der Waals surface area contributed by atoms with Crippen molar-refractivity contribution in [1.82, 2.24) is 0 Å². The Hall–Kier alpha value is -1.22. The largest absolute Gasteiger partial charge is 0.481 e. The number of aliphatic carboxylic acids is 1. The fourth-order valence-corrected chi connectivity index (χ4v) is 1.99. The molecule has 1 unspecified atom stereocenters. The van der Waals surface area contributed by atoms with Gasteiger partial charge >= 0.3 is 5.97 Å². The third-order valence-corrected chi connectivity index (χ3v) is 2.77. The van der Waals surface area contributed by atoms with E-state index < -0.39 is 11.9 Å². The maximum atomic E-state index is 10.9. The summed E-state index contributed by atoms with van der Waals surface area (Å²) in [6, 6.07) is 5.33. The molecule has 0 aliphatic carbocycles. The number of fused-ring (bicyclic) bond motifs is 1. The van der Waals surface area contributed by atoms with Crippen molar-refractivity contribution in [2.75, 3.05) is 18.5 Å². The number of anilines is 1. The number of halogens is 1. The van der Waals surface area contributed by atoms with Crippen LogP contribution >= 0.6 is 11.6 Å². The smallest absolute Gasteiger partial charge is 0.312 e. The van der Waals surface area contributed by atoms with Gasteiger partial charge in [0.25, 0.3) is 0 Å². The first-order chi connectivity index (χ1) is 6.59. The molecule has 0 radical (unpaired) electrons. The first kappa shape index (κ1) is 9.34. The first-order valence-corrected chi connectivity index (χ1v) is 4.71. The van der Waals surface area contributed by atoms with Crippen molar-refractivity contribution in [2.24, 2.45) is 0 Å². The minimum Gasteiger partial charge on any atom is -0.481 e. The summed E-state index contributed by atoms with van der Waals surface area (Å²) < 4.78 is 0. The normalized spacial score (nSPS) is 19.6. The quantitative estimate of drug-likeness (QED) is 0.772. The maximum absolute atomic E-state index is 10.9. The molecule has 2 rings (SSSR count). The topological polar surface area (TPSA) is 40.5 Å². The van der Waals surface area contributed by atoms with E-state index in [1.165, 1.54) is 0 Å². The van der Waals surface area contributed by atoms with Gasteiger partial charge < -0.3 is 10.0 Å². The number of benzene rings is 1. The summed E-state index contributed by atoms with van der Waals surface area (Å²) in [5.41, 5.74) is 1.77. The molecule has 1 atom stereocenters. The fourth-order valence-electron chi connectivity index (χ4n) is 1.82. The van der Waals surface area contributed by atoms with E-state index in [1.54, 1.807) is 18.2 Å². The number of nitrogens with zero attached hydrogens (tertiary/aromatic N) is 1. The zero-order chi connectivity index (χ0) is 10.3. The van der Waals surface area contributed by atoms with Crippen LogP contribution in [0.5, 0.6) is 0 Å². The zero-order valence-corrected chi connectivity index (χ0v) is 8.45. The zero-order valence-electron chi connectivity index (χ0n) is 7.70. The van der Waals surface area contributed by atoms with Crippen LogP contribution < -0.4 is 4.90 Å². The van der Waals surface area contributed by atoms with Gasteiger partial charge in [-0.25, -0.2) is 0 Å². The summed E-state index contributed by atoms with van der Waals surface area (Å²) in [5, 5.41) is 9.63. The summed E-state index contributed by atoms with van der Waals surface area (Å²) in [5.74, 6) is -1.20. The highest BCUT2D eigenvalue weighted by Crippen LogP contribution is 2.36. The minimum atomic E-state index is -0.780. The number of likely N-dealkylation sites (N-methyl/N-ethyl adjacent to an activating group) is 1. The molecule has 1 aliphatic heterocycles. The molecule has 1 aliphatic rings. The molecule has 0 saturated heterocycles. The minimum absolute atomic E-state index is 0.424. The maximum Gasteiger partial charge on any atom is 0.312 e. The highest BCUT2D eigenvalue weighted by atomic mass is 35.5. The lowest BCUT2D eigenvalue weighted by molar-refractivity contribution is -0.138. The molecule has 0 fully saturated rings. The van der Waals surface area contributed by atoms with Gasteiger partial charge in [-0.05, 0) is 17.7 Å². The molecule has 1 N–H and O–H groups in total. The number of rotatable bonds is 1. The Bertz CT molecular complexity index is 392. The third kappa shape index (κ3) is 1.34. The van der Waals surface area contributed by atoms with E-state index in [-0.39, 0.29) is 0 Å². The lowest BCUT2D eigenvalue weighted by atomic mass is 10.0. The van der Waals surface area contributed by atoms with E-state index in [9.17, 15) is 4.79 Å². The molecule has 1 aromatic carbocycles. The van der Waals surface area contributed by atoms with Gasteiger partial charge in [-0.3, -0.25) is 4.79 Å². The number of carboxylic acid groups (broad SMARTS) is 1. The van der Waals surface area contributed by atoms with Crippen molar-refractivity contribution in [1.29, 1.82) is 0 Å². The van der Waals surface area contributed by atoms with Gasteiger partial charge in [-0.15, -0.1) is 0 Å². The van der Waals surface area contributed by atoms with E-state index in [0.717, 1.165) is 11.3 Å². The lowest BCUT2D eigenvalue weighted by Crippen LogP contribution is -2.19. The van der Waals surface area contributed by atoms with Crippen LogP contribution in [0, 0.1) is 0 Å². The predicted molar refractivity (Wildman–Crippen MR) is 55.1 cm³/mol. The standard InChI is InChI=1S/C10H10ClNO2/c1-12-5-8(10(13)14)7-3-2-6(11)4-9(7)12/h2-4,8H,5H2,1H3,(H,13,14). The Kier molecular flexibility index (Phi) is 2.11. The van der Waals surface area contributed by atoms with Gasteiger partial charge in [0.15, 0.2) is 0 Å². The van der Waals surface area contributed by atoms with Crippen LogP contribution in [-0.2, 0) is 4.79 Å². The Balaban J connectivity index is 2.49. The fraction of sp³-hybridized carbons (Fsp3) is 0.300. The average molecular weight is 212 g/mol. The lowest BCUT2D eigenvalue weighted by Gasteiger charge is -2.11. The molecular weight excluding hydrogens is 202 g/mol. The molecule has 3 nitrogen and oxygen atoms in total. The molecule has 14 heavy (non-hydrogen) atoms. The number of carboxylic acids is 1. The summed E-state index contributed by atoms with van der Waals surface area (Å²) in [4.78, 5) is 12.9. The molecule has 0 saturated carbocycles. The van der Waals surface area contributed by atoms with E-state index in [4.69, 9.17) is 16.7 Å². The summed E-state index contributed by atoms with van der Waals surface area (Å²) in [6.45, 7) is 0.519. The van der Waals surface area contributed by atoms with Crippen LogP contribution in [0.4, 0.5) is 5.69 Å². The van der Waals surface area contributed by atoms with Crippen LogP contribution in [-0.4, -0.2) is 24.7 Å². The van der Waals surface area contributed by atoms with Crippen molar-refractivity contribution in [3.63, 3.8) is 0 Å². The molecule has 1 aromatic rings. The van der Waals surface area contributed by atoms with Gasteiger partial charge in [-0.1, -0.05) is 17.7 Å². The third-order valence-electron chi connectivity index (χ3n) is 2.53. The predicted octanol–water partition coefficient (Wildman–Crippen LogP) is 1.96. The van der Waals surface area contributed by atoms with E-state index in [1.807, 2.05) is 11.9 Å². The van der Waals surface area contributed by atoms with Gasteiger partial charge in [0.05, 0.1) is 0 Å². The average Bonchev–Trinajstić information content (AvgIpc) is 2.44. The van der Waals surface area contributed by atoms with Crippen molar-refractivity contribution < 1.29 is 9.90 Å². The Morgan fingerprint density at radius 2 is 2.36 bits per heavy atom. The van der Waals surface area contributed by atoms with Crippen molar-refractivity contribution >= 4 is 23.3 Å². The van der Waals surface area contributed by atoms with Crippen molar-refractivity contribution in [3.8, 4) is 0 Å². The van der Waals surface area contributed by atoms with E-state index in [0.29, 0.717) is 11.6 Å². The number of hydrogen-bond acceptors (Lipinski definition) is 2.